The summed E-state index contributed by atoms with van der Waals surface area (Å²) in [7, 11) is 1.11. The average Bonchev–Trinajstić information content (AvgIpc) is 3.32. The van der Waals surface area contributed by atoms with Crippen molar-refractivity contribution in [2.24, 2.45) is 5.92 Å². The summed E-state index contributed by atoms with van der Waals surface area (Å²) in [6.45, 7) is -1.95. The number of rotatable bonds is 22. The largest absolute Gasteiger partial charge is 0.510 e. The summed E-state index contributed by atoms with van der Waals surface area (Å²) in [6, 6.07) is 1.18. The molecule has 20 heteroatoms. The highest BCUT2D eigenvalue weighted by atomic mass is 31.2. The Hall–Kier alpha value is -2.26. The first-order chi connectivity index (χ1) is 21.0. The molecule has 1 aromatic heterocycles. The smallest absolute Gasteiger partial charge is 0.426 e. The maximum absolute atomic E-state index is 13.4. The van der Waals surface area contributed by atoms with Crippen molar-refractivity contribution in [3.05, 3.63) is 33.1 Å². The van der Waals surface area contributed by atoms with E-state index in [0.29, 0.717) is 6.42 Å². The first kappa shape index (κ1) is 37.9. The van der Waals surface area contributed by atoms with Crippen LogP contribution in [0, 0.1) is 5.92 Å². The second-order valence-corrected chi connectivity index (χ2v) is 11.0. The predicted molar refractivity (Wildman–Crippen MR) is 145 cm³/mol. The molecule has 2 heterocycles. The van der Waals surface area contributed by atoms with E-state index < -0.39 is 69.8 Å². The van der Waals surface area contributed by atoms with E-state index >= 15 is 0 Å². The topological polar surface area (TPSA) is 220 Å². The number of methoxy groups -OCH3 is 4. The first-order valence-electron chi connectivity index (χ1n) is 13.3. The van der Waals surface area contributed by atoms with Gasteiger partial charge in [-0.05, 0) is 6.42 Å². The molecule has 44 heavy (non-hydrogen) atoms. The lowest BCUT2D eigenvalue weighted by Crippen LogP contribution is -2.33. The summed E-state index contributed by atoms with van der Waals surface area (Å²) in [5.41, 5.74) is -1.22. The lowest BCUT2D eigenvalue weighted by molar-refractivity contribution is -0.306. The molecule has 0 saturated carbocycles. The van der Waals surface area contributed by atoms with Gasteiger partial charge in [-0.1, -0.05) is 6.92 Å². The molecular weight excluding hydrogens is 619 g/mol. The summed E-state index contributed by atoms with van der Waals surface area (Å²) < 4.78 is 76.0. The van der Waals surface area contributed by atoms with Gasteiger partial charge in [-0.3, -0.25) is 23.4 Å². The van der Waals surface area contributed by atoms with Crippen molar-refractivity contribution >= 4 is 14.0 Å². The van der Waals surface area contributed by atoms with Gasteiger partial charge in [0.25, 0.3) is 12.0 Å². The summed E-state index contributed by atoms with van der Waals surface area (Å²) in [5, 5.41) is 10.0. The second-order valence-electron chi connectivity index (χ2n) is 9.30. The van der Waals surface area contributed by atoms with Crippen LogP contribution in [0.5, 0.6) is 0 Å². The molecule has 1 aromatic rings. The van der Waals surface area contributed by atoms with Crippen molar-refractivity contribution in [1.29, 1.82) is 0 Å². The molecule has 2 N–H and O–H groups in total. The van der Waals surface area contributed by atoms with Crippen LogP contribution in [-0.4, -0.2) is 121 Å². The maximum atomic E-state index is 13.4. The number of aromatic amines is 1. The zero-order valence-electron chi connectivity index (χ0n) is 25.1. The van der Waals surface area contributed by atoms with E-state index in [-0.39, 0.29) is 39.0 Å². The number of nitrogens with zero attached hydrogens (tertiary/aromatic N) is 1. The number of carbonyl (C=O) groups excluding carboxylic acids is 1. The molecule has 1 aliphatic heterocycles. The number of hydrogen-bond acceptors (Lipinski definition) is 17. The molecular formula is C24H41N2O17P. The fourth-order valence-corrected chi connectivity index (χ4v) is 4.88. The highest BCUT2D eigenvalue weighted by molar-refractivity contribution is 7.48. The van der Waals surface area contributed by atoms with Crippen molar-refractivity contribution in [3.63, 3.8) is 0 Å². The third kappa shape index (κ3) is 13.4. The Morgan fingerprint density at radius 3 is 2.25 bits per heavy atom. The third-order valence-corrected chi connectivity index (χ3v) is 7.10. The van der Waals surface area contributed by atoms with Gasteiger partial charge in [-0.15, -0.1) is 0 Å². The SMILES string of the molecule is COCC(COC)OC(=O)OCOP(=O)(OCOC(O)OC(COC)COC)OC[C@@H]1C[C@H](C)C(n2ccc(=O)[nH]c2=O)O1. The van der Waals surface area contributed by atoms with Crippen LogP contribution in [0.2, 0.25) is 0 Å². The highest BCUT2D eigenvalue weighted by Crippen LogP contribution is 2.50. The minimum atomic E-state index is -4.55. The van der Waals surface area contributed by atoms with Gasteiger partial charge >= 0.3 is 19.7 Å². The predicted octanol–water partition coefficient (Wildman–Crippen LogP) is 0.318. The molecule has 0 aromatic carbocycles. The quantitative estimate of drug-likeness (QED) is 0.0971. The number of carbonyl (C=O) groups is 1. The average molecular weight is 661 g/mol. The minimum absolute atomic E-state index is 0.0257. The number of ether oxygens (including phenoxy) is 9. The van der Waals surface area contributed by atoms with Gasteiger partial charge in [0.15, 0.2) is 12.9 Å². The number of H-pyrrole nitrogens is 1. The number of aromatic nitrogens is 2. The van der Waals surface area contributed by atoms with E-state index in [2.05, 4.69) is 4.98 Å². The van der Waals surface area contributed by atoms with Crippen molar-refractivity contribution in [2.45, 2.75) is 44.4 Å². The molecule has 2 rings (SSSR count). The number of nitrogens with one attached hydrogen (secondary N) is 1. The van der Waals surface area contributed by atoms with Crippen LogP contribution in [0.3, 0.4) is 0 Å². The highest BCUT2D eigenvalue weighted by Gasteiger charge is 2.37. The van der Waals surface area contributed by atoms with Crippen molar-refractivity contribution in [1.82, 2.24) is 9.55 Å². The zero-order chi connectivity index (χ0) is 32.5. The molecule has 0 bridgehead atoms. The zero-order valence-corrected chi connectivity index (χ0v) is 26.0. The van der Waals surface area contributed by atoms with Gasteiger partial charge in [-0.2, -0.15) is 0 Å². The molecule has 0 radical (unpaired) electrons. The lowest BCUT2D eigenvalue weighted by atomic mass is 10.1. The van der Waals surface area contributed by atoms with Gasteiger partial charge < -0.3 is 47.7 Å². The van der Waals surface area contributed by atoms with Crippen molar-refractivity contribution in [2.75, 3.05) is 75.1 Å². The van der Waals surface area contributed by atoms with Crippen LogP contribution >= 0.6 is 7.82 Å². The van der Waals surface area contributed by atoms with Gasteiger partial charge in [0.1, 0.15) is 12.3 Å². The lowest BCUT2D eigenvalue weighted by Gasteiger charge is -2.23. The number of phosphoric acid groups is 1. The molecule has 0 spiro atoms. The van der Waals surface area contributed by atoms with Crippen LogP contribution in [0.1, 0.15) is 19.6 Å². The fourth-order valence-electron chi connectivity index (χ4n) is 3.93. The van der Waals surface area contributed by atoms with E-state index in [9.17, 15) is 24.1 Å². The number of aliphatic hydroxyl groups excluding tert-OH is 1. The van der Waals surface area contributed by atoms with Crippen molar-refractivity contribution in [3.8, 4) is 0 Å². The Morgan fingerprint density at radius 1 is 1.02 bits per heavy atom. The molecule has 1 aliphatic rings. The molecule has 3 unspecified atom stereocenters. The number of phosphoric ester groups is 1. The van der Waals surface area contributed by atoms with Crippen LogP contribution in [0.4, 0.5) is 4.79 Å². The summed E-state index contributed by atoms with van der Waals surface area (Å²) in [6.07, 6.45) is -2.43. The van der Waals surface area contributed by atoms with E-state index in [0.717, 1.165) is 0 Å². The Balaban J connectivity index is 2.00. The van der Waals surface area contributed by atoms with E-state index in [4.69, 9.17) is 56.2 Å². The molecule has 1 saturated heterocycles. The van der Waals surface area contributed by atoms with Crippen LogP contribution in [-0.2, 0) is 60.8 Å². The molecule has 5 atom stereocenters. The normalized spacial score (nSPS) is 20.6. The summed E-state index contributed by atoms with van der Waals surface area (Å²) in [4.78, 5) is 37.8. The Morgan fingerprint density at radius 2 is 1.64 bits per heavy atom. The Kier molecular flexibility index (Phi) is 17.2. The Labute approximate surface area is 253 Å². The Bertz CT molecular complexity index is 1120. The van der Waals surface area contributed by atoms with Gasteiger partial charge in [0.2, 0.25) is 6.79 Å². The van der Waals surface area contributed by atoms with Crippen LogP contribution < -0.4 is 11.2 Å². The molecule has 1 fully saturated rings. The van der Waals surface area contributed by atoms with E-state index in [1.54, 1.807) is 0 Å². The second kappa shape index (κ2) is 20.0. The minimum Gasteiger partial charge on any atom is -0.426 e. The van der Waals surface area contributed by atoms with Crippen LogP contribution in [0.15, 0.2) is 21.9 Å². The number of aliphatic hydroxyl groups is 1. The van der Waals surface area contributed by atoms with Gasteiger partial charge in [0, 0.05) is 46.6 Å². The maximum Gasteiger partial charge on any atom is 0.510 e. The molecule has 0 aliphatic carbocycles. The van der Waals surface area contributed by atoms with Crippen LogP contribution in [0.25, 0.3) is 0 Å². The molecule has 0 amide bonds. The molecule has 19 nitrogen and oxygen atoms in total. The fraction of sp³-hybridized carbons (Fsp3) is 0.792. The summed E-state index contributed by atoms with van der Waals surface area (Å²) in [5.74, 6) is -0.207. The summed E-state index contributed by atoms with van der Waals surface area (Å²) >= 11 is 0. The van der Waals surface area contributed by atoms with Crippen molar-refractivity contribution < 1.29 is 70.7 Å². The van der Waals surface area contributed by atoms with Gasteiger partial charge in [-0.25, -0.2) is 18.7 Å². The third-order valence-electron chi connectivity index (χ3n) is 5.79. The first-order valence-corrected chi connectivity index (χ1v) is 14.7. The molecule has 254 valence electrons. The standard InChI is InChI=1S/C24H41N2O17P/c1-16-8-17(41-21(16)26-7-6-20(27)25-22(26)28)13-38-44(31,39-14-36-23(29)42-18(9-32-2)10-33-3)40-15-37-24(30)43-19(11-34-4)12-35-5/h6-7,16-19,21,23,29H,8-15H2,1-5H3,(H,25,27,28)/t16-,17-,21?,23?,44?/m0/s1. The van der Waals surface area contributed by atoms with E-state index in [1.807, 2.05) is 6.92 Å². The van der Waals surface area contributed by atoms with E-state index in [1.165, 1.54) is 45.3 Å². The van der Waals surface area contributed by atoms with Gasteiger partial charge in [0.05, 0.1) is 39.1 Å². The number of hydrogen-bond donors (Lipinski definition) is 2. The monoisotopic (exact) mass is 660 g/mol.